The Kier molecular flexibility index (Phi) is 7.25. The molecule has 0 saturated carbocycles. The van der Waals surface area contributed by atoms with Crippen molar-refractivity contribution in [2.45, 2.75) is 71.8 Å². The van der Waals surface area contributed by atoms with E-state index in [0.717, 1.165) is 0 Å². The molecule has 0 rings (SSSR count). The summed E-state index contributed by atoms with van der Waals surface area (Å²) in [4.78, 5) is 0. The fourth-order valence-electron chi connectivity index (χ4n) is 2.19. The predicted molar refractivity (Wildman–Crippen MR) is 88.3 cm³/mol. The zero-order valence-corrected chi connectivity index (χ0v) is 17.6. The highest BCUT2D eigenvalue weighted by Gasteiger charge is 2.39. The third kappa shape index (κ3) is 9.65. The average Bonchev–Trinajstić information content (AvgIpc) is 1.93. The molecule has 0 amide bonds. The maximum atomic E-state index is 6.31. The Bertz CT molecular complexity index is 251. The Labute approximate surface area is 119 Å². The van der Waals surface area contributed by atoms with Crippen molar-refractivity contribution < 1.29 is 12.3 Å². The van der Waals surface area contributed by atoms with E-state index in [1.54, 1.807) is 0 Å². The van der Waals surface area contributed by atoms with Gasteiger partial charge in [0.05, 0.1) is 0 Å². The van der Waals surface area contributed by atoms with Crippen molar-refractivity contribution in [3.05, 3.63) is 0 Å². The third-order valence-corrected chi connectivity index (χ3v) is 15.0. The molecule has 0 aliphatic carbocycles. The van der Waals surface area contributed by atoms with E-state index in [9.17, 15) is 0 Å². The summed E-state index contributed by atoms with van der Waals surface area (Å²) in [6, 6.07) is 1.20. The van der Waals surface area contributed by atoms with Gasteiger partial charge in [0.1, 0.15) is 0 Å². The fraction of sp³-hybridized carbons (Fsp3) is 1.00. The molecule has 0 aromatic carbocycles. The average molecular weight is 324 g/mol. The van der Waals surface area contributed by atoms with Gasteiger partial charge in [-0.2, -0.15) is 0 Å². The summed E-state index contributed by atoms with van der Waals surface area (Å²) < 4.78 is 18.8. The summed E-state index contributed by atoms with van der Waals surface area (Å²) in [5.41, 5.74) is 0. The third-order valence-electron chi connectivity index (χ3n) is 2.07. The molecule has 0 bridgehead atoms. The van der Waals surface area contributed by atoms with Crippen LogP contribution in [-0.2, 0) is 12.3 Å². The number of rotatable bonds is 8. The molecular weight excluding hydrogens is 292 g/mol. The van der Waals surface area contributed by atoms with E-state index in [1.807, 2.05) is 0 Å². The van der Waals surface area contributed by atoms with Gasteiger partial charge in [0.15, 0.2) is 17.4 Å². The molecule has 0 aromatic heterocycles. The van der Waals surface area contributed by atoms with Crippen LogP contribution in [0.15, 0.2) is 0 Å². The minimum Gasteiger partial charge on any atom is -0.437 e. The first-order chi connectivity index (χ1) is 7.87. The first kappa shape index (κ1) is 18.7. The van der Waals surface area contributed by atoms with E-state index in [0.29, 0.717) is 0 Å². The monoisotopic (exact) mass is 323 g/mol. The largest absolute Gasteiger partial charge is 0.437 e. The molecule has 0 aliphatic heterocycles. The molecular formula is C11H31O3Si4. The van der Waals surface area contributed by atoms with Gasteiger partial charge in [-0.25, -0.2) is 0 Å². The lowest BCUT2D eigenvalue weighted by Crippen LogP contribution is -2.53. The summed E-state index contributed by atoms with van der Waals surface area (Å²) in [6.45, 7) is 19.7. The molecule has 109 valence electrons. The van der Waals surface area contributed by atoms with Crippen molar-refractivity contribution in [2.24, 2.45) is 0 Å². The molecule has 3 nitrogen and oxygen atoms in total. The predicted octanol–water partition coefficient (Wildman–Crippen LogP) is 4.31. The second-order valence-electron chi connectivity index (χ2n) is 6.67. The van der Waals surface area contributed by atoms with Gasteiger partial charge in [0, 0.05) is 0 Å². The van der Waals surface area contributed by atoms with Crippen LogP contribution in [-0.4, -0.2) is 34.5 Å². The van der Waals surface area contributed by atoms with Crippen molar-refractivity contribution in [1.29, 1.82) is 0 Å². The van der Waals surface area contributed by atoms with E-state index in [4.69, 9.17) is 12.3 Å². The van der Waals surface area contributed by atoms with Crippen molar-refractivity contribution in [2.75, 3.05) is 0 Å². The zero-order valence-electron chi connectivity index (χ0n) is 13.6. The summed E-state index contributed by atoms with van der Waals surface area (Å²) in [7, 11) is -6.32. The number of hydrogen-bond donors (Lipinski definition) is 0. The molecule has 0 heterocycles. The quantitative estimate of drug-likeness (QED) is 0.623. The molecule has 0 unspecified atom stereocenters. The molecule has 0 spiro atoms. The zero-order chi connectivity index (χ0) is 14.6. The van der Waals surface area contributed by atoms with E-state index in [-0.39, 0.29) is 0 Å². The second kappa shape index (κ2) is 6.96. The van der Waals surface area contributed by atoms with Crippen LogP contribution in [0.4, 0.5) is 0 Å². The number of hydrogen-bond acceptors (Lipinski definition) is 3. The van der Waals surface area contributed by atoms with Crippen LogP contribution in [0, 0.1) is 0 Å². The van der Waals surface area contributed by atoms with E-state index in [1.165, 1.54) is 12.5 Å². The van der Waals surface area contributed by atoms with Crippen molar-refractivity contribution in [3.8, 4) is 0 Å². The summed E-state index contributed by atoms with van der Waals surface area (Å²) in [6.07, 6.45) is 1.20. The van der Waals surface area contributed by atoms with Crippen LogP contribution in [0.2, 0.25) is 58.4 Å². The highest BCUT2D eigenvalue weighted by Crippen LogP contribution is 2.22. The molecule has 7 heteroatoms. The molecule has 0 atom stereocenters. The Morgan fingerprint density at radius 1 is 0.833 bits per heavy atom. The lowest BCUT2D eigenvalue weighted by molar-refractivity contribution is 0.334. The van der Waals surface area contributed by atoms with E-state index < -0.39 is 34.5 Å². The van der Waals surface area contributed by atoms with Gasteiger partial charge in [-0.1, -0.05) is 13.3 Å². The molecule has 0 aliphatic rings. The second-order valence-corrected chi connectivity index (χ2v) is 20.8. The van der Waals surface area contributed by atoms with Gasteiger partial charge < -0.3 is 12.3 Å². The van der Waals surface area contributed by atoms with E-state index >= 15 is 0 Å². The van der Waals surface area contributed by atoms with Crippen molar-refractivity contribution >= 4 is 34.5 Å². The summed E-state index contributed by atoms with van der Waals surface area (Å²) in [5.74, 6) is 0. The Hall–Kier alpha value is 0.748. The summed E-state index contributed by atoms with van der Waals surface area (Å²) >= 11 is 0. The van der Waals surface area contributed by atoms with Gasteiger partial charge in [-0.05, 0) is 58.4 Å². The molecule has 18 heavy (non-hydrogen) atoms. The van der Waals surface area contributed by atoms with Crippen molar-refractivity contribution in [3.63, 3.8) is 0 Å². The van der Waals surface area contributed by atoms with Crippen LogP contribution < -0.4 is 0 Å². The lowest BCUT2D eigenvalue weighted by Gasteiger charge is -2.37. The minimum absolute atomic E-state index is 0.698. The maximum Gasteiger partial charge on any atom is 0.312 e. The van der Waals surface area contributed by atoms with Crippen LogP contribution >= 0.6 is 0 Å². The Morgan fingerprint density at radius 3 is 1.72 bits per heavy atom. The van der Waals surface area contributed by atoms with Crippen LogP contribution in [0.25, 0.3) is 0 Å². The standard InChI is InChI=1S/C11H31O3Si4/c1-10-11-15(2)12-17(6,7)14-18(8,9)13-16(3,4)5/h10-11H2,1-9H3. The van der Waals surface area contributed by atoms with Gasteiger partial charge in [0.2, 0.25) is 0 Å². The van der Waals surface area contributed by atoms with E-state index in [2.05, 4.69) is 59.3 Å². The highest BCUT2D eigenvalue weighted by molar-refractivity contribution is 6.87. The maximum absolute atomic E-state index is 6.31. The lowest BCUT2D eigenvalue weighted by atomic mass is 10.6. The summed E-state index contributed by atoms with van der Waals surface area (Å²) in [5, 5.41) is 0. The van der Waals surface area contributed by atoms with Gasteiger partial charge >= 0.3 is 17.1 Å². The van der Waals surface area contributed by atoms with Gasteiger partial charge in [-0.3, -0.25) is 0 Å². The fourth-order valence-corrected chi connectivity index (χ4v) is 18.4. The molecule has 0 fully saturated rings. The first-order valence-corrected chi connectivity index (χ1v) is 17.9. The Morgan fingerprint density at radius 2 is 1.33 bits per heavy atom. The Balaban J connectivity index is 4.45. The van der Waals surface area contributed by atoms with Gasteiger partial charge in [-0.15, -0.1) is 0 Å². The van der Waals surface area contributed by atoms with Gasteiger partial charge in [0.25, 0.3) is 0 Å². The van der Waals surface area contributed by atoms with Crippen molar-refractivity contribution in [1.82, 2.24) is 0 Å². The molecule has 1 radical (unpaired) electrons. The van der Waals surface area contributed by atoms with Crippen LogP contribution in [0.1, 0.15) is 13.3 Å². The van der Waals surface area contributed by atoms with Crippen LogP contribution in [0.3, 0.4) is 0 Å². The molecule has 0 N–H and O–H groups in total. The smallest absolute Gasteiger partial charge is 0.312 e. The topological polar surface area (TPSA) is 27.7 Å². The minimum atomic E-state index is -2.05. The van der Waals surface area contributed by atoms with Crippen LogP contribution in [0.5, 0.6) is 0 Å². The SMILES string of the molecule is CCC[Si](C)O[Si](C)(C)O[Si](C)(C)O[Si](C)(C)C. The normalized spacial score (nSPS) is 14.3. The first-order valence-electron chi connectivity index (χ1n) is 6.79. The highest BCUT2D eigenvalue weighted by atomic mass is 28.5. The molecule has 0 saturated heterocycles. The molecule has 0 aromatic rings.